The summed E-state index contributed by atoms with van der Waals surface area (Å²) < 4.78 is 1.82. The van der Waals surface area contributed by atoms with E-state index in [1.807, 2.05) is 16.9 Å². The van der Waals surface area contributed by atoms with Crippen molar-refractivity contribution in [2.45, 2.75) is 13.0 Å². The lowest BCUT2D eigenvalue weighted by molar-refractivity contribution is 0.0953. The van der Waals surface area contributed by atoms with E-state index in [0.29, 0.717) is 22.2 Å². The highest BCUT2D eigenvalue weighted by Crippen LogP contribution is 2.20. The molecule has 0 aliphatic carbocycles. The second-order valence-corrected chi connectivity index (χ2v) is 4.85. The first-order valence-corrected chi connectivity index (χ1v) is 6.63. The smallest absolute Gasteiger partial charge is 0.252 e. The van der Waals surface area contributed by atoms with E-state index in [-0.39, 0.29) is 5.91 Å². The molecule has 1 amide bonds. The van der Waals surface area contributed by atoms with Crippen molar-refractivity contribution in [3.8, 4) is 0 Å². The van der Waals surface area contributed by atoms with Crippen LogP contribution in [0.4, 0.5) is 0 Å². The van der Waals surface area contributed by atoms with E-state index in [4.69, 9.17) is 23.2 Å². The number of amides is 1. The molecule has 100 valence electrons. The van der Waals surface area contributed by atoms with E-state index < -0.39 is 0 Å². The molecule has 1 aromatic carbocycles. The largest absolute Gasteiger partial charge is 0.352 e. The number of hydrogen-bond acceptors (Lipinski definition) is 2. The van der Waals surface area contributed by atoms with E-state index >= 15 is 0 Å². The molecule has 0 fully saturated rings. The molecular weight excluding hydrogens is 285 g/mol. The van der Waals surface area contributed by atoms with Crippen LogP contribution in [0.15, 0.2) is 36.7 Å². The van der Waals surface area contributed by atoms with Gasteiger partial charge in [0.25, 0.3) is 5.91 Å². The van der Waals surface area contributed by atoms with Crippen molar-refractivity contribution in [3.63, 3.8) is 0 Å². The zero-order valence-corrected chi connectivity index (χ0v) is 11.7. The van der Waals surface area contributed by atoms with Crippen molar-refractivity contribution in [2.24, 2.45) is 0 Å². The van der Waals surface area contributed by atoms with Crippen LogP contribution < -0.4 is 5.32 Å². The lowest BCUT2D eigenvalue weighted by atomic mass is 10.2. The second-order valence-electron chi connectivity index (χ2n) is 4.00. The number of carbonyl (C=O) groups is 1. The van der Waals surface area contributed by atoms with Crippen LogP contribution in [-0.2, 0) is 6.54 Å². The van der Waals surface area contributed by atoms with Crippen LogP contribution in [0.1, 0.15) is 16.8 Å². The minimum absolute atomic E-state index is 0.192. The Kier molecular flexibility index (Phi) is 4.82. The fraction of sp³-hybridized carbons (Fsp3) is 0.231. The van der Waals surface area contributed by atoms with Gasteiger partial charge in [0, 0.05) is 30.5 Å². The summed E-state index contributed by atoms with van der Waals surface area (Å²) in [6.07, 6.45) is 4.42. The Morgan fingerprint density at radius 1 is 1.37 bits per heavy atom. The van der Waals surface area contributed by atoms with E-state index in [2.05, 4.69) is 10.4 Å². The number of aromatic nitrogens is 2. The third kappa shape index (κ3) is 3.98. The number of nitrogens with zero attached hydrogens (tertiary/aromatic N) is 2. The molecule has 1 aromatic heterocycles. The summed E-state index contributed by atoms with van der Waals surface area (Å²) in [6, 6.07) is 6.69. The van der Waals surface area contributed by atoms with Crippen LogP contribution >= 0.6 is 23.2 Å². The van der Waals surface area contributed by atoms with Gasteiger partial charge in [-0.25, -0.2) is 0 Å². The SMILES string of the molecule is O=C(NCCCn1cccn1)c1ccc(Cl)cc1Cl. The fourth-order valence-electron chi connectivity index (χ4n) is 1.64. The quantitative estimate of drug-likeness (QED) is 0.863. The zero-order chi connectivity index (χ0) is 13.7. The first-order chi connectivity index (χ1) is 9.16. The molecule has 1 N–H and O–H groups in total. The number of halogens is 2. The predicted molar refractivity (Wildman–Crippen MR) is 75.6 cm³/mol. The Hall–Kier alpha value is -1.52. The van der Waals surface area contributed by atoms with Crippen molar-refractivity contribution in [1.82, 2.24) is 15.1 Å². The van der Waals surface area contributed by atoms with Gasteiger partial charge < -0.3 is 5.32 Å². The molecule has 6 heteroatoms. The molecule has 4 nitrogen and oxygen atoms in total. The van der Waals surface area contributed by atoms with Gasteiger partial charge in [0.1, 0.15) is 0 Å². The Morgan fingerprint density at radius 2 is 2.21 bits per heavy atom. The summed E-state index contributed by atoms with van der Waals surface area (Å²) in [5.41, 5.74) is 0.435. The summed E-state index contributed by atoms with van der Waals surface area (Å²) in [5, 5.41) is 7.77. The zero-order valence-electron chi connectivity index (χ0n) is 10.1. The van der Waals surface area contributed by atoms with Crippen molar-refractivity contribution >= 4 is 29.1 Å². The van der Waals surface area contributed by atoms with Crippen molar-refractivity contribution in [2.75, 3.05) is 6.54 Å². The Bertz CT molecular complexity index is 555. The van der Waals surface area contributed by atoms with Gasteiger partial charge in [0.05, 0.1) is 10.6 Å². The molecule has 2 aromatic rings. The lowest BCUT2D eigenvalue weighted by Gasteiger charge is -2.07. The average Bonchev–Trinajstić information content (AvgIpc) is 2.87. The van der Waals surface area contributed by atoms with Crippen molar-refractivity contribution < 1.29 is 4.79 Å². The minimum atomic E-state index is -0.192. The molecule has 19 heavy (non-hydrogen) atoms. The van der Waals surface area contributed by atoms with E-state index in [1.54, 1.807) is 24.4 Å². The number of hydrogen-bond donors (Lipinski definition) is 1. The number of rotatable bonds is 5. The fourth-order valence-corrected chi connectivity index (χ4v) is 2.14. The summed E-state index contributed by atoms with van der Waals surface area (Å²) in [7, 11) is 0. The maximum absolute atomic E-state index is 11.9. The first kappa shape index (κ1) is 13.9. The molecule has 0 atom stereocenters. The minimum Gasteiger partial charge on any atom is -0.352 e. The van der Waals surface area contributed by atoms with Gasteiger partial charge in [-0.1, -0.05) is 23.2 Å². The first-order valence-electron chi connectivity index (χ1n) is 5.87. The third-order valence-corrected chi connectivity index (χ3v) is 3.13. The summed E-state index contributed by atoms with van der Waals surface area (Å²) in [4.78, 5) is 11.9. The molecule has 2 rings (SSSR count). The van der Waals surface area contributed by atoms with Crippen molar-refractivity contribution in [1.29, 1.82) is 0 Å². The molecule has 0 bridgehead atoms. The summed E-state index contributed by atoms with van der Waals surface area (Å²) in [5.74, 6) is -0.192. The summed E-state index contributed by atoms with van der Waals surface area (Å²) in [6.45, 7) is 1.33. The summed E-state index contributed by atoms with van der Waals surface area (Å²) >= 11 is 11.7. The highest BCUT2D eigenvalue weighted by Gasteiger charge is 2.09. The maximum atomic E-state index is 11.9. The average molecular weight is 298 g/mol. The van der Waals surface area contributed by atoms with Crippen LogP contribution in [0.5, 0.6) is 0 Å². The molecule has 0 aliphatic heterocycles. The van der Waals surface area contributed by atoms with Crippen molar-refractivity contribution in [3.05, 3.63) is 52.3 Å². The van der Waals surface area contributed by atoms with Gasteiger partial charge >= 0.3 is 0 Å². The van der Waals surface area contributed by atoms with Gasteiger partial charge in [-0.15, -0.1) is 0 Å². The number of aryl methyl sites for hydroxylation is 1. The predicted octanol–water partition coefficient (Wildman–Crippen LogP) is 3.01. The van der Waals surface area contributed by atoms with Gasteiger partial charge in [0.2, 0.25) is 0 Å². The maximum Gasteiger partial charge on any atom is 0.252 e. The molecule has 1 heterocycles. The van der Waals surface area contributed by atoms with E-state index in [1.165, 1.54) is 0 Å². The molecular formula is C13H13Cl2N3O. The number of benzene rings is 1. The van der Waals surface area contributed by atoms with E-state index in [0.717, 1.165) is 13.0 Å². The topological polar surface area (TPSA) is 46.9 Å². The molecule has 0 saturated heterocycles. The Morgan fingerprint density at radius 3 is 2.89 bits per heavy atom. The normalized spacial score (nSPS) is 10.4. The van der Waals surface area contributed by atoms with Crippen LogP contribution in [-0.4, -0.2) is 22.2 Å². The van der Waals surface area contributed by atoms with Crippen LogP contribution in [0.25, 0.3) is 0 Å². The third-order valence-electron chi connectivity index (χ3n) is 2.58. The lowest BCUT2D eigenvalue weighted by Crippen LogP contribution is -2.25. The highest BCUT2D eigenvalue weighted by atomic mass is 35.5. The van der Waals surface area contributed by atoms with Gasteiger partial charge in [0.15, 0.2) is 0 Å². The van der Waals surface area contributed by atoms with Crippen LogP contribution in [0.3, 0.4) is 0 Å². The molecule has 0 saturated carbocycles. The second kappa shape index (κ2) is 6.59. The Balaban J connectivity index is 1.81. The van der Waals surface area contributed by atoms with Crippen LogP contribution in [0, 0.1) is 0 Å². The molecule has 0 radical (unpaired) electrons. The van der Waals surface area contributed by atoms with Gasteiger partial charge in [-0.05, 0) is 30.7 Å². The molecule has 0 spiro atoms. The Labute approximate surface area is 121 Å². The standard InChI is InChI=1S/C13H13Cl2N3O/c14-10-3-4-11(12(15)9-10)13(19)16-5-1-7-18-8-2-6-17-18/h2-4,6,8-9H,1,5,7H2,(H,16,19). The molecule has 0 aliphatic rings. The van der Waals surface area contributed by atoms with Gasteiger partial charge in [-0.3, -0.25) is 9.48 Å². The molecule has 0 unspecified atom stereocenters. The van der Waals surface area contributed by atoms with E-state index in [9.17, 15) is 4.79 Å². The monoisotopic (exact) mass is 297 g/mol. The van der Waals surface area contributed by atoms with Gasteiger partial charge in [-0.2, -0.15) is 5.10 Å². The van der Waals surface area contributed by atoms with Crippen LogP contribution in [0.2, 0.25) is 10.0 Å². The number of carbonyl (C=O) groups excluding carboxylic acids is 1. The highest BCUT2D eigenvalue weighted by molar-refractivity contribution is 6.36. The number of nitrogens with one attached hydrogen (secondary N) is 1.